The Balaban J connectivity index is 1.91. The fourth-order valence-electron chi connectivity index (χ4n) is 4.03. The summed E-state index contributed by atoms with van der Waals surface area (Å²) in [4.78, 5) is 54.5. The summed E-state index contributed by atoms with van der Waals surface area (Å²) in [6.07, 6.45) is 4.79. The van der Waals surface area contributed by atoms with Crippen LogP contribution in [0.1, 0.15) is 89.3 Å². The number of pyridine rings is 1. The molecule has 1 aromatic carbocycles. The van der Waals surface area contributed by atoms with E-state index in [0.29, 0.717) is 30.2 Å². The van der Waals surface area contributed by atoms with Crippen molar-refractivity contribution in [2.24, 2.45) is 5.92 Å². The first-order valence-electron chi connectivity index (χ1n) is 13.6. The molecule has 11 nitrogen and oxygen atoms in total. The van der Waals surface area contributed by atoms with Crippen LogP contribution in [-0.2, 0) is 14.2 Å². The molecule has 41 heavy (non-hydrogen) atoms. The Morgan fingerprint density at radius 2 is 1.88 bits per heavy atom. The predicted octanol–water partition coefficient (Wildman–Crippen LogP) is 5.47. The summed E-state index contributed by atoms with van der Waals surface area (Å²) in [5, 5.41) is 12.7. The molecule has 1 atom stereocenters. The fraction of sp³-hybridized carbons (Fsp3) is 0.433. The molecule has 1 amide bonds. The second-order valence-electron chi connectivity index (χ2n) is 9.64. The van der Waals surface area contributed by atoms with E-state index >= 15 is 0 Å². The van der Waals surface area contributed by atoms with E-state index < -0.39 is 30.3 Å². The van der Waals surface area contributed by atoms with Gasteiger partial charge >= 0.3 is 18.1 Å². The van der Waals surface area contributed by atoms with Gasteiger partial charge in [-0.05, 0) is 49.4 Å². The smallest absolute Gasteiger partial charge is 0.496 e. The van der Waals surface area contributed by atoms with Crippen LogP contribution >= 0.6 is 0 Å². The van der Waals surface area contributed by atoms with Crippen LogP contribution in [-0.4, -0.2) is 60.6 Å². The molecule has 3 rings (SSSR count). The number of carbonyl (C=O) groups excluding carboxylic acids is 3. The summed E-state index contributed by atoms with van der Waals surface area (Å²) >= 11 is 0. The third-order valence-electron chi connectivity index (χ3n) is 6.43. The van der Waals surface area contributed by atoms with Crippen molar-refractivity contribution in [3.8, 4) is 16.9 Å². The molecule has 1 heterocycles. The minimum absolute atomic E-state index is 0.0621. The van der Waals surface area contributed by atoms with Crippen LogP contribution < -0.4 is 10.1 Å². The lowest BCUT2D eigenvalue weighted by Gasteiger charge is -2.17. The number of carbonyl (C=O) groups is 4. The number of amides is 1. The number of esters is 1. The van der Waals surface area contributed by atoms with Crippen LogP contribution in [0.25, 0.3) is 17.2 Å². The highest BCUT2D eigenvalue weighted by Crippen LogP contribution is 2.34. The van der Waals surface area contributed by atoms with Gasteiger partial charge in [0.1, 0.15) is 11.4 Å². The molecule has 0 radical (unpaired) electrons. The number of hydrogen-bond acceptors (Lipinski definition) is 9. The zero-order valence-electron chi connectivity index (χ0n) is 23.6. The molecule has 1 saturated carbocycles. The zero-order valence-corrected chi connectivity index (χ0v) is 23.6. The van der Waals surface area contributed by atoms with Gasteiger partial charge in [-0.1, -0.05) is 38.8 Å². The number of unbranched alkanes of at least 4 members (excludes halogenated alkanes) is 3. The van der Waals surface area contributed by atoms with Crippen LogP contribution in [0.2, 0.25) is 0 Å². The van der Waals surface area contributed by atoms with Crippen LogP contribution in [0, 0.1) is 5.92 Å². The summed E-state index contributed by atoms with van der Waals surface area (Å²) in [6.45, 7) is 7.73. The van der Waals surface area contributed by atoms with Crippen molar-refractivity contribution >= 4 is 30.1 Å². The maximum atomic E-state index is 13.3. The van der Waals surface area contributed by atoms with Crippen molar-refractivity contribution < 1.29 is 43.2 Å². The summed E-state index contributed by atoms with van der Waals surface area (Å²) in [5.41, 5.74) is 0.0435. The van der Waals surface area contributed by atoms with Crippen molar-refractivity contribution in [1.29, 1.82) is 0 Å². The van der Waals surface area contributed by atoms with Crippen LogP contribution in [0.15, 0.2) is 30.8 Å². The molecule has 0 saturated heterocycles. The van der Waals surface area contributed by atoms with E-state index in [4.69, 9.17) is 18.9 Å². The van der Waals surface area contributed by atoms with E-state index in [1.165, 1.54) is 44.4 Å². The van der Waals surface area contributed by atoms with E-state index in [1.54, 1.807) is 0 Å². The van der Waals surface area contributed by atoms with Crippen LogP contribution in [0.5, 0.6) is 5.75 Å². The first-order chi connectivity index (χ1) is 19.7. The topological polar surface area (TPSA) is 150 Å². The molecule has 11 heteroatoms. The van der Waals surface area contributed by atoms with Crippen molar-refractivity contribution in [3.05, 3.63) is 53.4 Å². The van der Waals surface area contributed by atoms with Gasteiger partial charge in [0.25, 0.3) is 5.91 Å². The number of rotatable bonds is 15. The molecule has 0 bridgehead atoms. The van der Waals surface area contributed by atoms with Gasteiger partial charge in [-0.2, -0.15) is 0 Å². The van der Waals surface area contributed by atoms with E-state index in [0.717, 1.165) is 32.1 Å². The number of carboxylic acids is 1. The Bertz CT molecular complexity index is 1290. The summed E-state index contributed by atoms with van der Waals surface area (Å²) in [5.74, 6) is -2.07. The van der Waals surface area contributed by atoms with Gasteiger partial charge in [-0.25, -0.2) is 19.4 Å². The molecule has 0 spiro atoms. The van der Waals surface area contributed by atoms with Gasteiger partial charge in [0.2, 0.25) is 6.29 Å². The number of aromatic nitrogens is 1. The number of ether oxygens (including phenoxy) is 4. The van der Waals surface area contributed by atoms with Crippen molar-refractivity contribution in [3.63, 3.8) is 0 Å². The van der Waals surface area contributed by atoms with Crippen molar-refractivity contribution in [2.75, 3.05) is 20.3 Å². The summed E-state index contributed by atoms with van der Waals surface area (Å²) < 4.78 is 20.7. The normalized spacial score (nSPS) is 13.0. The average Bonchev–Trinajstić information content (AvgIpc) is 3.79. The predicted molar refractivity (Wildman–Crippen MR) is 150 cm³/mol. The highest BCUT2D eigenvalue weighted by Gasteiger charge is 2.27. The monoisotopic (exact) mass is 568 g/mol. The molecule has 2 aromatic rings. The number of nitrogens with one attached hydrogen (secondary N) is 1. The van der Waals surface area contributed by atoms with Gasteiger partial charge < -0.3 is 29.4 Å². The standard InChI is InChI=1S/C30H36N2O9/c1-5-7-8-9-14-39-30(37)41-18(3)40-29(36)26-21(12-13-24(32-26)27(33)31-17-19-10-11-19)22-16-25(38-4)20(6-2)15-23(22)28(34)35/h6,12-13,15-16,18-19H,2,5,7-11,14,17H2,1,3-4H3,(H,31,33)(H,34,35). The first-order valence-corrected chi connectivity index (χ1v) is 13.6. The lowest BCUT2D eigenvalue weighted by atomic mass is 9.95. The zero-order chi connectivity index (χ0) is 29.9. The Hall–Kier alpha value is -4.41. The number of carboxylic acid groups (broad SMARTS) is 1. The first kappa shape index (κ1) is 31.1. The number of aromatic carboxylic acids is 1. The summed E-state index contributed by atoms with van der Waals surface area (Å²) in [7, 11) is 1.41. The third kappa shape index (κ3) is 8.79. The molecule has 1 aliphatic carbocycles. The molecule has 1 aliphatic rings. The highest BCUT2D eigenvalue weighted by molar-refractivity contribution is 6.03. The van der Waals surface area contributed by atoms with Gasteiger partial charge in [-0.3, -0.25) is 4.79 Å². The van der Waals surface area contributed by atoms with E-state index in [2.05, 4.69) is 23.8 Å². The molecule has 220 valence electrons. The number of hydrogen-bond donors (Lipinski definition) is 2. The molecule has 1 aromatic heterocycles. The summed E-state index contributed by atoms with van der Waals surface area (Å²) in [6, 6.07) is 5.61. The maximum Gasteiger partial charge on any atom is 0.511 e. The Morgan fingerprint density at radius 3 is 2.51 bits per heavy atom. The van der Waals surface area contributed by atoms with Gasteiger partial charge in [0, 0.05) is 30.2 Å². The molecule has 1 fully saturated rings. The van der Waals surface area contributed by atoms with Gasteiger partial charge in [-0.15, -0.1) is 0 Å². The van der Waals surface area contributed by atoms with Crippen LogP contribution in [0.3, 0.4) is 0 Å². The minimum Gasteiger partial charge on any atom is -0.496 e. The molecular formula is C30H36N2O9. The Kier molecular flexibility index (Phi) is 11.3. The highest BCUT2D eigenvalue weighted by atomic mass is 16.8. The average molecular weight is 569 g/mol. The van der Waals surface area contributed by atoms with Crippen molar-refractivity contribution in [2.45, 2.75) is 58.7 Å². The molecule has 0 aliphatic heterocycles. The Morgan fingerprint density at radius 1 is 1.12 bits per heavy atom. The van der Waals surface area contributed by atoms with E-state index in [-0.39, 0.29) is 34.7 Å². The fourth-order valence-corrected chi connectivity index (χ4v) is 4.03. The second kappa shape index (κ2) is 14.8. The van der Waals surface area contributed by atoms with Crippen molar-refractivity contribution in [1.82, 2.24) is 10.3 Å². The molecule has 2 N–H and O–H groups in total. The molecular weight excluding hydrogens is 532 g/mol. The van der Waals surface area contributed by atoms with E-state index in [9.17, 15) is 24.3 Å². The number of nitrogens with zero attached hydrogens (tertiary/aromatic N) is 1. The minimum atomic E-state index is -1.36. The van der Waals surface area contributed by atoms with Crippen LogP contribution in [0.4, 0.5) is 4.79 Å². The number of methoxy groups -OCH3 is 1. The largest absolute Gasteiger partial charge is 0.511 e. The quantitative estimate of drug-likeness (QED) is 0.161. The lowest BCUT2D eigenvalue weighted by molar-refractivity contribution is -0.0823. The maximum absolute atomic E-state index is 13.3. The van der Waals surface area contributed by atoms with Gasteiger partial charge in [0.05, 0.1) is 19.3 Å². The third-order valence-corrected chi connectivity index (χ3v) is 6.43. The SMILES string of the molecule is C=Cc1cc(C(=O)O)c(-c2ccc(C(=O)NCC3CC3)nc2C(=O)OC(C)OC(=O)OCCCCCC)cc1OC. The Labute approximate surface area is 238 Å². The van der Waals surface area contributed by atoms with E-state index in [1.807, 2.05) is 0 Å². The second-order valence-corrected chi connectivity index (χ2v) is 9.64. The van der Waals surface area contributed by atoms with Gasteiger partial charge in [0.15, 0.2) is 5.69 Å². The lowest BCUT2D eigenvalue weighted by Crippen LogP contribution is -2.28. The molecule has 1 unspecified atom stereocenters. The number of benzene rings is 1.